The summed E-state index contributed by atoms with van der Waals surface area (Å²) in [6.45, 7) is 1.90. The number of thioether (sulfide) groups is 1. The average Bonchev–Trinajstić information content (AvgIpc) is 3.11. The average molecular weight is 643 g/mol. The Balaban J connectivity index is 1.64. The lowest BCUT2D eigenvalue weighted by atomic mass is 10.1. The molecule has 4 rings (SSSR count). The minimum absolute atomic E-state index is 0.0132. The van der Waals surface area contributed by atoms with Gasteiger partial charge in [-0.1, -0.05) is 47.5 Å². The van der Waals surface area contributed by atoms with Crippen molar-refractivity contribution in [2.24, 2.45) is 0 Å². The molecule has 0 N–H and O–H groups in total. The number of ether oxygens (including phenoxy) is 1. The second-order valence-corrected chi connectivity index (χ2v) is 11.8. The van der Waals surface area contributed by atoms with Gasteiger partial charge >= 0.3 is 10.1 Å². The summed E-state index contributed by atoms with van der Waals surface area (Å²) in [5, 5.41) is 0.231. The van der Waals surface area contributed by atoms with Crippen LogP contribution >= 0.6 is 50.9 Å². The molecule has 7 nitrogen and oxygen atoms in total. The van der Waals surface area contributed by atoms with E-state index in [1.54, 1.807) is 49.4 Å². The summed E-state index contributed by atoms with van der Waals surface area (Å²) in [5.41, 5.74) is 0.956. The van der Waals surface area contributed by atoms with Crippen LogP contribution in [0, 0.1) is 0 Å². The molecule has 1 saturated heterocycles. The van der Waals surface area contributed by atoms with Crippen LogP contribution in [0.2, 0.25) is 10.0 Å². The number of rotatable bonds is 8. The van der Waals surface area contributed by atoms with Gasteiger partial charge in [-0.25, -0.2) is 0 Å². The van der Waals surface area contributed by atoms with E-state index in [0.717, 1.165) is 16.7 Å². The van der Waals surface area contributed by atoms with E-state index in [-0.39, 0.29) is 38.9 Å². The van der Waals surface area contributed by atoms with Gasteiger partial charge in [0.15, 0.2) is 11.5 Å². The summed E-state index contributed by atoms with van der Waals surface area (Å²) >= 11 is 16.5. The second kappa shape index (κ2) is 11.5. The number of nitrogens with zero attached hydrogens (tertiary/aromatic N) is 1. The molecule has 0 aromatic heterocycles. The fraction of sp³-hybridized carbons (Fsp3) is 0.120. The fourth-order valence-corrected chi connectivity index (χ4v) is 6.37. The monoisotopic (exact) mass is 641 g/mol. The highest BCUT2D eigenvalue weighted by Gasteiger charge is 2.36. The van der Waals surface area contributed by atoms with Crippen LogP contribution in [0.5, 0.6) is 11.5 Å². The predicted octanol–water partition coefficient (Wildman–Crippen LogP) is 7.16. The molecule has 192 valence electrons. The first-order valence-corrected chi connectivity index (χ1v) is 14.5. The zero-order chi connectivity index (χ0) is 26.7. The number of amides is 2. The third kappa shape index (κ3) is 6.15. The number of hydrogen-bond acceptors (Lipinski definition) is 7. The first-order chi connectivity index (χ1) is 17.6. The summed E-state index contributed by atoms with van der Waals surface area (Å²) in [4.78, 5) is 26.9. The molecular weight excluding hydrogens is 625 g/mol. The third-order valence-electron chi connectivity index (χ3n) is 5.11. The van der Waals surface area contributed by atoms with Crippen molar-refractivity contribution in [3.63, 3.8) is 0 Å². The van der Waals surface area contributed by atoms with Crippen molar-refractivity contribution in [3.05, 3.63) is 91.2 Å². The van der Waals surface area contributed by atoms with E-state index >= 15 is 0 Å². The SMILES string of the molecule is CCOc1cc(/C=C2\SC(=O)N(Cc3c(Cl)cccc3Cl)C2=O)cc(Br)c1OS(=O)(=O)c1ccccc1. The Morgan fingerprint density at radius 1 is 1.03 bits per heavy atom. The van der Waals surface area contributed by atoms with Crippen molar-refractivity contribution in [2.45, 2.75) is 18.4 Å². The molecule has 0 atom stereocenters. The van der Waals surface area contributed by atoms with Crippen LogP contribution in [0.3, 0.4) is 0 Å². The molecule has 2 amide bonds. The van der Waals surface area contributed by atoms with Crippen molar-refractivity contribution in [1.82, 2.24) is 4.90 Å². The lowest BCUT2D eigenvalue weighted by Crippen LogP contribution is -2.27. The van der Waals surface area contributed by atoms with Gasteiger partial charge in [0.1, 0.15) is 4.90 Å². The van der Waals surface area contributed by atoms with Crippen molar-refractivity contribution < 1.29 is 26.9 Å². The molecule has 1 aliphatic rings. The molecule has 12 heteroatoms. The van der Waals surface area contributed by atoms with Crippen molar-refractivity contribution in [3.8, 4) is 11.5 Å². The van der Waals surface area contributed by atoms with E-state index in [9.17, 15) is 18.0 Å². The molecule has 0 unspecified atom stereocenters. The van der Waals surface area contributed by atoms with Gasteiger partial charge in [0, 0.05) is 15.6 Å². The minimum atomic E-state index is -4.13. The number of imide groups is 1. The van der Waals surface area contributed by atoms with E-state index in [1.807, 2.05) is 0 Å². The quantitative estimate of drug-likeness (QED) is 0.190. The van der Waals surface area contributed by atoms with E-state index < -0.39 is 21.3 Å². The van der Waals surface area contributed by atoms with Gasteiger partial charge < -0.3 is 8.92 Å². The van der Waals surface area contributed by atoms with Crippen LogP contribution in [-0.4, -0.2) is 31.1 Å². The van der Waals surface area contributed by atoms with Gasteiger partial charge in [-0.3, -0.25) is 14.5 Å². The zero-order valence-corrected chi connectivity index (χ0v) is 23.8. The predicted molar refractivity (Wildman–Crippen MR) is 148 cm³/mol. The molecule has 0 bridgehead atoms. The molecule has 0 aliphatic carbocycles. The minimum Gasteiger partial charge on any atom is -0.490 e. The maximum absolute atomic E-state index is 13.0. The molecule has 0 saturated carbocycles. The van der Waals surface area contributed by atoms with Crippen LogP contribution < -0.4 is 8.92 Å². The van der Waals surface area contributed by atoms with Gasteiger partial charge in [0.05, 0.1) is 22.5 Å². The van der Waals surface area contributed by atoms with Gasteiger partial charge in [-0.05, 0) is 82.7 Å². The lowest BCUT2D eigenvalue weighted by Gasteiger charge is -2.15. The summed E-state index contributed by atoms with van der Waals surface area (Å²) < 4.78 is 36.8. The third-order valence-corrected chi connectivity index (χ3v) is 8.55. The molecule has 37 heavy (non-hydrogen) atoms. The molecule has 0 spiro atoms. The van der Waals surface area contributed by atoms with Gasteiger partial charge in [0.25, 0.3) is 11.1 Å². The van der Waals surface area contributed by atoms with Crippen LogP contribution in [-0.2, 0) is 21.5 Å². The Hall–Kier alpha value is -2.50. The standard InChI is InChI=1S/C25H18BrCl2NO6S2/c1-2-34-21-12-15(11-18(26)23(21)35-37(32,33)16-7-4-3-5-8-16)13-22-24(30)29(25(31)36-22)14-17-19(27)9-6-10-20(17)28/h3-13H,2,14H2,1H3/b22-13-. The normalized spacial score (nSPS) is 14.9. The van der Waals surface area contributed by atoms with E-state index in [2.05, 4.69) is 15.9 Å². The van der Waals surface area contributed by atoms with E-state index in [1.165, 1.54) is 24.3 Å². The fourth-order valence-electron chi connectivity index (χ4n) is 3.39. The Bertz CT molecular complexity index is 1490. The number of hydrogen-bond donors (Lipinski definition) is 0. The zero-order valence-electron chi connectivity index (χ0n) is 19.1. The Morgan fingerprint density at radius 2 is 1.70 bits per heavy atom. The molecule has 3 aromatic carbocycles. The number of carbonyl (C=O) groups is 2. The first-order valence-electron chi connectivity index (χ1n) is 10.7. The topological polar surface area (TPSA) is 90.0 Å². The maximum atomic E-state index is 13.0. The molecule has 1 fully saturated rings. The molecule has 0 radical (unpaired) electrons. The molecular formula is C25H18BrCl2NO6S2. The second-order valence-electron chi connectivity index (χ2n) is 7.58. The van der Waals surface area contributed by atoms with Crippen molar-refractivity contribution >= 4 is 78.2 Å². The maximum Gasteiger partial charge on any atom is 0.339 e. The number of halogens is 3. The Labute approximate surface area is 236 Å². The highest BCUT2D eigenvalue weighted by atomic mass is 79.9. The van der Waals surface area contributed by atoms with Crippen LogP contribution in [0.4, 0.5) is 4.79 Å². The van der Waals surface area contributed by atoms with Gasteiger partial charge in [-0.2, -0.15) is 8.42 Å². The van der Waals surface area contributed by atoms with Crippen LogP contribution in [0.1, 0.15) is 18.1 Å². The van der Waals surface area contributed by atoms with Gasteiger partial charge in [-0.15, -0.1) is 0 Å². The molecule has 1 heterocycles. The van der Waals surface area contributed by atoms with E-state index in [0.29, 0.717) is 21.2 Å². The lowest BCUT2D eigenvalue weighted by molar-refractivity contribution is -0.123. The van der Waals surface area contributed by atoms with Gasteiger partial charge in [0.2, 0.25) is 0 Å². The largest absolute Gasteiger partial charge is 0.490 e. The molecule has 3 aromatic rings. The van der Waals surface area contributed by atoms with Crippen molar-refractivity contribution in [2.75, 3.05) is 6.61 Å². The smallest absolute Gasteiger partial charge is 0.339 e. The summed E-state index contributed by atoms with van der Waals surface area (Å²) in [5.74, 6) is -0.402. The highest BCUT2D eigenvalue weighted by Crippen LogP contribution is 2.41. The van der Waals surface area contributed by atoms with Crippen molar-refractivity contribution in [1.29, 1.82) is 0 Å². The summed E-state index contributed by atoms with van der Waals surface area (Å²) in [6, 6.07) is 15.7. The summed E-state index contributed by atoms with van der Waals surface area (Å²) in [6.07, 6.45) is 1.52. The highest BCUT2D eigenvalue weighted by molar-refractivity contribution is 9.10. The number of carbonyl (C=O) groups excluding carboxylic acids is 2. The Kier molecular flexibility index (Phi) is 8.55. The molecule has 1 aliphatic heterocycles. The van der Waals surface area contributed by atoms with E-state index in [4.69, 9.17) is 32.1 Å². The number of benzene rings is 3. The summed E-state index contributed by atoms with van der Waals surface area (Å²) in [7, 11) is -4.13. The Morgan fingerprint density at radius 3 is 2.35 bits per heavy atom. The van der Waals surface area contributed by atoms with Crippen LogP contribution in [0.25, 0.3) is 6.08 Å². The first kappa shape index (κ1) is 27.5. The van der Waals surface area contributed by atoms with Crippen LogP contribution in [0.15, 0.2) is 74.9 Å².